The lowest BCUT2D eigenvalue weighted by Gasteiger charge is -2.12. The number of rotatable bonds is 8. The Kier molecular flexibility index (Phi) is 6.97. The molecule has 0 unspecified atom stereocenters. The Bertz CT molecular complexity index is 1080. The van der Waals surface area contributed by atoms with E-state index in [1.54, 1.807) is 0 Å². The fraction of sp³-hybridized carbons (Fsp3) is 0.250. The fourth-order valence-electron chi connectivity index (χ4n) is 2.57. The molecule has 11 heteroatoms. The Balaban J connectivity index is 1.69. The molecule has 1 amide bonds. The van der Waals surface area contributed by atoms with Crippen molar-refractivity contribution in [2.24, 2.45) is 0 Å². The van der Waals surface area contributed by atoms with Crippen LogP contribution in [0.2, 0.25) is 0 Å². The second kappa shape index (κ2) is 9.33. The topological polar surface area (TPSA) is 84.5 Å². The summed E-state index contributed by atoms with van der Waals surface area (Å²) in [6, 6.07) is 9.59. The number of hydrogen-bond donors (Lipinski definition) is 2. The van der Waals surface area contributed by atoms with Crippen molar-refractivity contribution in [3.8, 4) is 5.75 Å². The van der Waals surface area contributed by atoms with Gasteiger partial charge < -0.3 is 10.1 Å². The normalized spacial score (nSPS) is 14.6. The first-order chi connectivity index (χ1) is 14.6. The minimum atomic E-state index is -4.37. The number of hydrogen-bond acceptors (Lipinski definition) is 5. The highest BCUT2D eigenvalue weighted by atomic mass is 32.2. The number of halogens is 3. The maximum Gasteiger partial charge on any atom is 0.446 e. The van der Waals surface area contributed by atoms with E-state index in [9.17, 15) is 26.4 Å². The summed E-state index contributed by atoms with van der Waals surface area (Å²) in [6.45, 7) is 0. The van der Waals surface area contributed by atoms with Crippen molar-refractivity contribution in [3.63, 3.8) is 0 Å². The van der Waals surface area contributed by atoms with E-state index in [-0.39, 0.29) is 39.0 Å². The van der Waals surface area contributed by atoms with Gasteiger partial charge in [-0.2, -0.15) is 13.2 Å². The molecular weight excluding hydrogens is 453 g/mol. The quantitative estimate of drug-likeness (QED) is 0.440. The Labute approximate surface area is 181 Å². The van der Waals surface area contributed by atoms with Crippen LogP contribution in [-0.4, -0.2) is 33.0 Å². The molecule has 2 aromatic carbocycles. The lowest BCUT2D eigenvalue weighted by molar-refractivity contribution is -0.111. The van der Waals surface area contributed by atoms with Gasteiger partial charge in [-0.15, -0.1) is 0 Å². The van der Waals surface area contributed by atoms with Crippen LogP contribution in [0.5, 0.6) is 5.75 Å². The Morgan fingerprint density at radius 2 is 1.84 bits per heavy atom. The van der Waals surface area contributed by atoms with E-state index < -0.39 is 21.4 Å². The van der Waals surface area contributed by atoms with E-state index in [0.717, 1.165) is 12.8 Å². The molecule has 1 aliphatic carbocycles. The Morgan fingerprint density at radius 1 is 1.16 bits per heavy atom. The average molecular weight is 473 g/mol. The first-order valence-corrected chi connectivity index (χ1v) is 11.4. The molecule has 3 rings (SSSR count). The first-order valence-electron chi connectivity index (χ1n) is 9.11. The summed E-state index contributed by atoms with van der Waals surface area (Å²) >= 11 is -0.221. The molecule has 0 aromatic heterocycles. The van der Waals surface area contributed by atoms with Crippen LogP contribution >= 0.6 is 11.8 Å². The third-order valence-electron chi connectivity index (χ3n) is 4.18. The number of ether oxygens (including phenoxy) is 1. The number of nitrogens with one attached hydrogen (secondary N) is 2. The van der Waals surface area contributed by atoms with E-state index in [2.05, 4.69) is 10.0 Å². The molecule has 166 valence electrons. The molecule has 2 aromatic rings. The average Bonchev–Trinajstić information content (AvgIpc) is 3.49. The van der Waals surface area contributed by atoms with Crippen LogP contribution in [0.3, 0.4) is 0 Å². The second-order valence-electron chi connectivity index (χ2n) is 6.70. The molecule has 0 aliphatic heterocycles. The summed E-state index contributed by atoms with van der Waals surface area (Å²) < 4.78 is 69.7. The van der Waals surface area contributed by atoms with Gasteiger partial charge in [-0.1, -0.05) is 12.1 Å². The van der Waals surface area contributed by atoms with Crippen LogP contribution < -0.4 is 14.8 Å². The molecule has 1 saturated carbocycles. The van der Waals surface area contributed by atoms with Gasteiger partial charge in [0.15, 0.2) is 0 Å². The predicted octanol–water partition coefficient (Wildman–Crippen LogP) is 4.40. The number of anilines is 1. The zero-order valence-corrected chi connectivity index (χ0v) is 17.9. The highest BCUT2D eigenvalue weighted by Gasteiger charge is 2.29. The molecule has 0 atom stereocenters. The van der Waals surface area contributed by atoms with Gasteiger partial charge in [-0.05, 0) is 66.6 Å². The number of carbonyl (C=O) groups is 1. The van der Waals surface area contributed by atoms with E-state index in [0.29, 0.717) is 5.56 Å². The third kappa shape index (κ3) is 7.01. The van der Waals surface area contributed by atoms with E-state index in [4.69, 9.17) is 4.74 Å². The predicted molar refractivity (Wildman–Crippen MR) is 112 cm³/mol. The van der Waals surface area contributed by atoms with Gasteiger partial charge in [0.05, 0.1) is 17.7 Å². The van der Waals surface area contributed by atoms with Crippen molar-refractivity contribution in [1.29, 1.82) is 0 Å². The van der Waals surface area contributed by atoms with Crippen LogP contribution in [0.15, 0.2) is 58.3 Å². The zero-order valence-electron chi connectivity index (χ0n) is 16.3. The van der Waals surface area contributed by atoms with Crippen LogP contribution in [0.25, 0.3) is 6.08 Å². The zero-order chi connectivity index (χ0) is 22.6. The molecule has 0 radical (unpaired) electrons. The molecule has 0 bridgehead atoms. The summed E-state index contributed by atoms with van der Waals surface area (Å²) in [7, 11) is -2.32. The molecule has 0 spiro atoms. The van der Waals surface area contributed by atoms with E-state index >= 15 is 0 Å². The second-order valence-corrected chi connectivity index (χ2v) is 9.55. The number of sulfonamides is 1. The van der Waals surface area contributed by atoms with Gasteiger partial charge in [-0.3, -0.25) is 4.79 Å². The van der Waals surface area contributed by atoms with E-state index in [1.165, 1.54) is 61.7 Å². The number of amides is 1. The maximum absolute atomic E-state index is 12.4. The van der Waals surface area contributed by atoms with Gasteiger partial charge >= 0.3 is 5.51 Å². The summed E-state index contributed by atoms with van der Waals surface area (Å²) in [5.74, 6) is -0.280. The van der Waals surface area contributed by atoms with E-state index in [1.807, 2.05) is 0 Å². The van der Waals surface area contributed by atoms with Gasteiger partial charge in [0, 0.05) is 17.0 Å². The van der Waals surface area contributed by atoms with Crippen LogP contribution in [0.1, 0.15) is 18.4 Å². The maximum atomic E-state index is 12.4. The molecular formula is C20H19F3N2O4S2. The number of methoxy groups -OCH3 is 1. The molecule has 2 N–H and O–H groups in total. The highest BCUT2D eigenvalue weighted by Crippen LogP contribution is 2.36. The Morgan fingerprint density at radius 3 is 2.42 bits per heavy atom. The van der Waals surface area contributed by atoms with Crippen LogP contribution in [0, 0.1) is 0 Å². The Hall–Kier alpha value is -2.50. The van der Waals surface area contributed by atoms with Crippen molar-refractivity contribution >= 4 is 39.5 Å². The van der Waals surface area contributed by atoms with Crippen molar-refractivity contribution in [3.05, 3.63) is 54.1 Å². The van der Waals surface area contributed by atoms with Gasteiger partial charge in [-0.25, -0.2) is 13.1 Å². The third-order valence-corrected chi connectivity index (χ3v) is 6.44. The first kappa shape index (κ1) is 23.2. The monoisotopic (exact) mass is 472 g/mol. The highest BCUT2D eigenvalue weighted by molar-refractivity contribution is 8.00. The SMILES string of the molecule is COc1ccc(S(=O)(=O)NC2CC2)cc1NC(=O)/C=C/c1ccc(SC(F)(F)F)cc1. The number of alkyl halides is 3. The summed E-state index contributed by atoms with van der Waals surface area (Å²) in [6.07, 6.45) is 4.20. The summed E-state index contributed by atoms with van der Waals surface area (Å²) in [4.78, 5) is 12.3. The molecule has 31 heavy (non-hydrogen) atoms. The van der Waals surface area contributed by atoms with Crippen LogP contribution in [-0.2, 0) is 14.8 Å². The smallest absolute Gasteiger partial charge is 0.446 e. The largest absolute Gasteiger partial charge is 0.495 e. The standard InChI is InChI=1S/C20H19F3N2O4S2/c1-29-18-10-9-16(31(27,28)25-14-5-6-14)12-17(18)24-19(26)11-4-13-2-7-15(8-3-13)30-20(21,22)23/h2-4,7-12,14,25H,5-6H2,1H3,(H,24,26)/b11-4+. The van der Waals surface area contributed by atoms with Gasteiger partial charge in [0.25, 0.3) is 0 Å². The van der Waals surface area contributed by atoms with Gasteiger partial charge in [0.1, 0.15) is 5.75 Å². The van der Waals surface area contributed by atoms with Crippen molar-refractivity contribution in [1.82, 2.24) is 4.72 Å². The van der Waals surface area contributed by atoms with Gasteiger partial charge in [0.2, 0.25) is 15.9 Å². The van der Waals surface area contributed by atoms with Crippen molar-refractivity contribution < 1.29 is 31.1 Å². The molecule has 1 aliphatic rings. The van der Waals surface area contributed by atoms with Crippen molar-refractivity contribution in [2.75, 3.05) is 12.4 Å². The van der Waals surface area contributed by atoms with Crippen molar-refractivity contribution in [2.45, 2.75) is 34.2 Å². The number of carbonyl (C=O) groups excluding carboxylic acids is 1. The molecule has 1 fully saturated rings. The molecule has 0 heterocycles. The molecule has 6 nitrogen and oxygen atoms in total. The minimum absolute atomic E-state index is 0.00256. The lowest BCUT2D eigenvalue weighted by atomic mass is 10.2. The molecule has 0 saturated heterocycles. The minimum Gasteiger partial charge on any atom is -0.495 e. The van der Waals surface area contributed by atoms with Crippen LogP contribution in [0.4, 0.5) is 18.9 Å². The fourth-order valence-corrected chi connectivity index (χ4v) is 4.44. The summed E-state index contributed by atoms with van der Waals surface area (Å²) in [5.41, 5.74) is -3.67. The number of thioether (sulfide) groups is 1. The lowest BCUT2D eigenvalue weighted by Crippen LogP contribution is -2.25. The summed E-state index contributed by atoms with van der Waals surface area (Å²) in [5, 5.41) is 2.56. The number of benzene rings is 2.